The van der Waals surface area contributed by atoms with Gasteiger partial charge in [-0.1, -0.05) is 15.9 Å². The van der Waals surface area contributed by atoms with E-state index in [1.165, 1.54) is 0 Å². The Hall–Kier alpha value is -1.07. The summed E-state index contributed by atoms with van der Waals surface area (Å²) in [6.07, 6.45) is 0.548. The Labute approximate surface area is 109 Å². The second-order valence-electron chi connectivity index (χ2n) is 4.22. The van der Waals surface area contributed by atoms with Crippen molar-refractivity contribution in [2.24, 2.45) is 11.7 Å². The number of carbonyl (C=O) groups excluding carboxylic acids is 1. The maximum Gasteiger partial charge on any atom is 0.227 e. The Morgan fingerprint density at radius 1 is 1.59 bits per heavy atom. The summed E-state index contributed by atoms with van der Waals surface area (Å²) >= 11 is 3.43. The van der Waals surface area contributed by atoms with Gasteiger partial charge in [0.2, 0.25) is 5.91 Å². The summed E-state index contributed by atoms with van der Waals surface area (Å²) in [6.45, 7) is 1.27. The monoisotopic (exact) mass is 297 g/mol. The Morgan fingerprint density at radius 2 is 2.35 bits per heavy atom. The molecular formula is C12H16BrN3O. The lowest BCUT2D eigenvalue weighted by atomic mass is 10.1. The van der Waals surface area contributed by atoms with Gasteiger partial charge in [0.25, 0.3) is 0 Å². The molecular weight excluding hydrogens is 282 g/mol. The summed E-state index contributed by atoms with van der Waals surface area (Å²) in [4.78, 5) is 13.8. The van der Waals surface area contributed by atoms with Crippen LogP contribution in [-0.4, -0.2) is 26.0 Å². The molecule has 17 heavy (non-hydrogen) atoms. The highest BCUT2D eigenvalue weighted by Gasteiger charge is 2.30. The number of nitrogens with two attached hydrogens (primary N) is 1. The molecule has 0 aromatic heterocycles. The molecule has 1 atom stereocenters. The van der Waals surface area contributed by atoms with Gasteiger partial charge in [0.05, 0.1) is 11.4 Å². The maximum absolute atomic E-state index is 12.0. The van der Waals surface area contributed by atoms with Gasteiger partial charge in [-0.15, -0.1) is 0 Å². The average Bonchev–Trinajstić information content (AvgIpc) is 2.70. The molecule has 0 radical (unpaired) electrons. The molecule has 0 bridgehead atoms. The summed E-state index contributed by atoms with van der Waals surface area (Å²) in [6, 6.07) is 5.88. The van der Waals surface area contributed by atoms with Gasteiger partial charge in [-0.2, -0.15) is 0 Å². The predicted octanol–water partition coefficient (Wildman–Crippen LogP) is 1.80. The number of nitrogens with zero attached hydrogens (tertiary/aromatic N) is 1. The summed E-state index contributed by atoms with van der Waals surface area (Å²) in [5, 5.41) is 3.11. The topological polar surface area (TPSA) is 58.4 Å². The van der Waals surface area contributed by atoms with E-state index in [0.717, 1.165) is 15.8 Å². The minimum absolute atomic E-state index is 0.148. The van der Waals surface area contributed by atoms with E-state index in [0.29, 0.717) is 19.5 Å². The Bertz CT molecular complexity index is 436. The number of rotatable bonds is 3. The van der Waals surface area contributed by atoms with E-state index in [-0.39, 0.29) is 11.8 Å². The van der Waals surface area contributed by atoms with Gasteiger partial charge in [-0.25, -0.2) is 0 Å². The zero-order chi connectivity index (χ0) is 12.4. The van der Waals surface area contributed by atoms with Crippen molar-refractivity contribution in [1.29, 1.82) is 0 Å². The molecule has 92 valence electrons. The van der Waals surface area contributed by atoms with Crippen molar-refractivity contribution in [1.82, 2.24) is 0 Å². The SMILES string of the molecule is CNc1ccc(Br)cc1N1CC(CN)CC1=O. The largest absolute Gasteiger partial charge is 0.386 e. The van der Waals surface area contributed by atoms with Crippen LogP contribution in [0.2, 0.25) is 0 Å². The number of benzene rings is 1. The molecule has 1 fully saturated rings. The first-order valence-corrected chi connectivity index (χ1v) is 6.42. The summed E-state index contributed by atoms with van der Waals surface area (Å²) < 4.78 is 0.968. The van der Waals surface area contributed by atoms with Crippen LogP contribution in [0.25, 0.3) is 0 Å². The second kappa shape index (κ2) is 5.06. The van der Waals surface area contributed by atoms with Crippen molar-refractivity contribution < 1.29 is 4.79 Å². The van der Waals surface area contributed by atoms with Crippen LogP contribution in [0.4, 0.5) is 11.4 Å². The number of nitrogens with one attached hydrogen (secondary N) is 1. The standard InChI is InChI=1S/C12H16BrN3O/c1-15-10-3-2-9(13)5-11(10)16-7-8(6-14)4-12(16)17/h2-3,5,8,15H,4,6-7,14H2,1H3. The third-order valence-corrected chi connectivity index (χ3v) is 3.55. The quantitative estimate of drug-likeness (QED) is 0.894. The van der Waals surface area contributed by atoms with E-state index in [2.05, 4.69) is 21.2 Å². The molecule has 0 spiro atoms. The lowest BCUT2D eigenvalue weighted by Gasteiger charge is -2.20. The third-order valence-electron chi connectivity index (χ3n) is 3.06. The second-order valence-corrected chi connectivity index (χ2v) is 5.14. The third kappa shape index (κ3) is 2.45. The number of halogens is 1. The molecule has 1 unspecified atom stereocenters. The zero-order valence-electron chi connectivity index (χ0n) is 9.74. The molecule has 1 saturated heterocycles. The van der Waals surface area contributed by atoms with Crippen LogP contribution in [0.15, 0.2) is 22.7 Å². The van der Waals surface area contributed by atoms with Crippen LogP contribution >= 0.6 is 15.9 Å². The molecule has 1 aliphatic rings. The van der Waals surface area contributed by atoms with Gasteiger partial charge in [0.15, 0.2) is 0 Å². The molecule has 1 aromatic rings. The highest BCUT2D eigenvalue weighted by Crippen LogP contribution is 2.33. The van der Waals surface area contributed by atoms with Crippen molar-refractivity contribution in [2.75, 3.05) is 30.4 Å². The van der Waals surface area contributed by atoms with Gasteiger partial charge >= 0.3 is 0 Å². The van der Waals surface area contributed by atoms with Gasteiger partial charge in [0, 0.05) is 24.5 Å². The number of hydrogen-bond donors (Lipinski definition) is 2. The fourth-order valence-corrected chi connectivity index (χ4v) is 2.46. The first-order chi connectivity index (χ1) is 8.15. The molecule has 0 aliphatic carbocycles. The van der Waals surface area contributed by atoms with E-state index in [1.54, 1.807) is 0 Å². The fourth-order valence-electron chi connectivity index (χ4n) is 2.11. The van der Waals surface area contributed by atoms with Gasteiger partial charge in [0.1, 0.15) is 0 Å². The van der Waals surface area contributed by atoms with Crippen molar-refractivity contribution in [3.05, 3.63) is 22.7 Å². The Kier molecular flexibility index (Phi) is 3.69. The number of amides is 1. The molecule has 5 heteroatoms. The van der Waals surface area contributed by atoms with Gasteiger partial charge in [-0.3, -0.25) is 4.79 Å². The van der Waals surface area contributed by atoms with Gasteiger partial charge in [-0.05, 0) is 30.7 Å². The molecule has 2 rings (SSSR count). The first kappa shape index (κ1) is 12.4. The molecule has 3 N–H and O–H groups in total. The lowest BCUT2D eigenvalue weighted by Crippen LogP contribution is -2.26. The highest BCUT2D eigenvalue weighted by molar-refractivity contribution is 9.10. The summed E-state index contributed by atoms with van der Waals surface area (Å²) in [5.41, 5.74) is 7.51. The van der Waals surface area contributed by atoms with Crippen LogP contribution < -0.4 is 16.0 Å². The summed E-state index contributed by atoms with van der Waals surface area (Å²) in [7, 11) is 1.85. The Balaban J connectivity index is 2.33. The minimum Gasteiger partial charge on any atom is -0.386 e. The fraction of sp³-hybridized carbons (Fsp3) is 0.417. The van der Waals surface area contributed by atoms with Crippen LogP contribution in [-0.2, 0) is 4.79 Å². The van der Waals surface area contributed by atoms with E-state index >= 15 is 0 Å². The predicted molar refractivity (Wildman–Crippen MR) is 73.2 cm³/mol. The van der Waals surface area contributed by atoms with E-state index in [4.69, 9.17) is 5.73 Å². The van der Waals surface area contributed by atoms with E-state index in [1.807, 2.05) is 30.1 Å². The van der Waals surface area contributed by atoms with Crippen molar-refractivity contribution in [3.8, 4) is 0 Å². The molecule has 0 saturated carbocycles. The lowest BCUT2D eigenvalue weighted by molar-refractivity contribution is -0.117. The smallest absolute Gasteiger partial charge is 0.227 e. The number of hydrogen-bond acceptors (Lipinski definition) is 3. The van der Waals surface area contributed by atoms with Crippen LogP contribution in [0.3, 0.4) is 0 Å². The minimum atomic E-state index is 0.148. The summed E-state index contributed by atoms with van der Waals surface area (Å²) in [5.74, 6) is 0.418. The molecule has 1 amide bonds. The highest BCUT2D eigenvalue weighted by atomic mass is 79.9. The molecule has 4 nitrogen and oxygen atoms in total. The van der Waals surface area contributed by atoms with Crippen molar-refractivity contribution in [3.63, 3.8) is 0 Å². The van der Waals surface area contributed by atoms with Crippen LogP contribution in [0.5, 0.6) is 0 Å². The van der Waals surface area contributed by atoms with Crippen LogP contribution in [0.1, 0.15) is 6.42 Å². The molecule has 1 aromatic carbocycles. The molecule has 1 heterocycles. The van der Waals surface area contributed by atoms with Crippen molar-refractivity contribution >= 4 is 33.2 Å². The number of carbonyl (C=O) groups is 1. The molecule has 1 aliphatic heterocycles. The maximum atomic E-state index is 12.0. The number of anilines is 2. The van der Waals surface area contributed by atoms with E-state index < -0.39 is 0 Å². The normalized spacial score (nSPS) is 19.8. The average molecular weight is 298 g/mol. The van der Waals surface area contributed by atoms with Crippen molar-refractivity contribution in [2.45, 2.75) is 6.42 Å². The van der Waals surface area contributed by atoms with Gasteiger partial charge < -0.3 is 16.0 Å². The first-order valence-electron chi connectivity index (χ1n) is 5.63. The van der Waals surface area contributed by atoms with E-state index in [9.17, 15) is 4.79 Å². The Morgan fingerprint density at radius 3 is 2.94 bits per heavy atom. The van der Waals surface area contributed by atoms with Crippen LogP contribution in [0, 0.1) is 5.92 Å². The zero-order valence-corrected chi connectivity index (χ0v) is 11.3.